The van der Waals surface area contributed by atoms with Crippen LogP contribution in [0.3, 0.4) is 0 Å². The van der Waals surface area contributed by atoms with Crippen molar-refractivity contribution in [1.29, 1.82) is 0 Å². The lowest BCUT2D eigenvalue weighted by atomic mass is 9.69. The smallest absolute Gasteiger partial charge is 0.248 e. The van der Waals surface area contributed by atoms with Crippen molar-refractivity contribution in [2.45, 2.75) is 54.4 Å². The number of anilines is 1. The van der Waals surface area contributed by atoms with Crippen molar-refractivity contribution in [3.63, 3.8) is 0 Å². The molecule has 1 aromatic rings. The summed E-state index contributed by atoms with van der Waals surface area (Å²) in [5.41, 5.74) is 3.72. The van der Waals surface area contributed by atoms with Crippen molar-refractivity contribution in [3.05, 3.63) is 88.1 Å². The monoisotopic (exact) mass is 461 g/mol. The summed E-state index contributed by atoms with van der Waals surface area (Å²) in [4.78, 5) is 12.0. The first kappa shape index (κ1) is 26.4. The predicted octanol–water partition coefficient (Wildman–Crippen LogP) is 7.96. The molecule has 0 saturated carbocycles. The predicted molar refractivity (Wildman–Crippen MR) is 126 cm³/mol. The fourth-order valence-corrected chi connectivity index (χ4v) is 3.79. The third kappa shape index (κ3) is 6.80. The third-order valence-electron chi connectivity index (χ3n) is 6.05. The fourth-order valence-electron chi connectivity index (χ4n) is 3.79. The van der Waals surface area contributed by atoms with Crippen LogP contribution < -0.4 is 5.32 Å². The first-order valence-electron chi connectivity index (χ1n) is 10.9. The van der Waals surface area contributed by atoms with Gasteiger partial charge in [0, 0.05) is 12.1 Å². The molecular weight excluding hydrogens is 430 g/mol. The Kier molecular flexibility index (Phi) is 8.64. The van der Waals surface area contributed by atoms with E-state index in [1.165, 1.54) is 17.6 Å². The summed E-state index contributed by atoms with van der Waals surface area (Å²) in [6, 6.07) is 0.397. The molecule has 0 spiro atoms. The van der Waals surface area contributed by atoms with Crippen LogP contribution in [0.1, 0.15) is 54.4 Å². The zero-order chi connectivity index (χ0) is 24.9. The van der Waals surface area contributed by atoms with Gasteiger partial charge in [-0.3, -0.25) is 4.79 Å². The number of hydrogen-bond acceptors (Lipinski definition) is 1. The summed E-state index contributed by atoms with van der Waals surface area (Å²) >= 11 is 0. The molecule has 178 valence electrons. The molecule has 33 heavy (non-hydrogen) atoms. The Bertz CT molecular complexity index is 1070. The maximum absolute atomic E-state index is 13.7. The van der Waals surface area contributed by atoms with Gasteiger partial charge in [-0.2, -0.15) is 0 Å². The van der Waals surface area contributed by atoms with Crippen LogP contribution in [0.5, 0.6) is 0 Å². The van der Waals surface area contributed by atoms with Gasteiger partial charge in [0.15, 0.2) is 23.3 Å². The lowest BCUT2D eigenvalue weighted by Crippen LogP contribution is -2.23. The Hall–Kier alpha value is -2.89. The van der Waals surface area contributed by atoms with Crippen LogP contribution in [0.4, 0.5) is 23.2 Å². The van der Waals surface area contributed by atoms with Crippen LogP contribution in [-0.4, -0.2) is 5.91 Å². The Morgan fingerprint density at radius 2 is 1.73 bits per heavy atom. The highest BCUT2D eigenvalue weighted by molar-refractivity contribution is 6.00. The van der Waals surface area contributed by atoms with Crippen LogP contribution in [0, 0.1) is 34.6 Å². The average Bonchev–Trinajstić information content (AvgIpc) is 2.73. The molecule has 1 unspecified atom stereocenters. The molecule has 0 aromatic heterocycles. The molecule has 0 bridgehead atoms. The summed E-state index contributed by atoms with van der Waals surface area (Å²) in [6.07, 6.45) is 13.1. The van der Waals surface area contributed by atoms with Gasteiger partial charge in [-0.05, 0) is 56.1 Å². The lowest BCUT2D eigenvalue weighted by Gasteiger charge is -2.36. The van der Waals surface area contributed by atoms with Crippen LogP contribution in [0.2, 0.25) is 0 Å². The topological polar surface area (TPSA) is 29.1 Å². The molecule has 1 amide bonds. The molecule has 0 aliphatic heterocycles. The summed E-state index contributed by atoms with van der Waals surface area (Å²) in [5, 5.41) is 2.02. The highest BCUT2D eigenvalue weighted by atomic mass is 19.2. The largest absolute Gasteiger partial charge is 0.320 e. The highest BCUT2D eigenvalue weighted by Crippen LogP contribution is 2.43. The molecule has 0 heterocycles. The molecule has 1 N–H and O–H groups in total. The second kappa shape index (κ2) is 10.8. The second-order valence-corrected chi connectivity index (χ2v) is 9.25. The Morgan fingerprint density at radius 1 is 1.06 bits per heavy atom. The van der Waals surface area contributed by atoms with Gasteiger partial charge in [-0.15, -0.1) is 0 Å². The van der Waals surface area contributed by atoms with Crippen LogP contribution in [0.25, 0.3) is 0 Å². The van der Waals surface area contributed by atoms with Crippen molar-refractivity contribution in [2.24, 2.45) is 11.3 Å². The number of amides is 1. The summed E-state index contributed by atoms with van der Waals surface area (Å²) in [6.45, 7) is 12.6. The standard InChI is InChI=1S/C27H31F4NO/c1-16(10-11-20-19(4)18(3)12-13-27(20,5)6)8-7-9-17(2)14-23(33)32-22-15-21(28)24(29)26(31)25(22)30/h7-11,14-15,18H,12-13H2,1-6H3,(H,32,33)/b9-7+,11-10+,16-8+,17-14+. The number of hydrogen-bond donors (Lipinski definition) is 1. The van der Waals surface area contributed by atoms with Crippen molar-refractivity contribution in [3.8, 4) is 0 Å². The number of rotatable bonds is 6. The van der Waals surface area contributed by atoms with Crippen molar-refractivity contribution in [1.82, 2.24) is 0 Å². The van der Waals surface area contributed by atoms with Crippen molar-refractivity contribution >= 4 is 11.6 Å². The van der Waals surface area contributed by atoms with Gasteiger partial charge in [0.1, 0.15) is 0 Å². The quantitative estimate of drug-likeness (QED) is 0.150. The molecule has 2 rings (SSSR count). The summed E-state index contributed by atoms with van der Waals surface area (Å²) < 4.78 is 53.3. The highest BCUT2D eigenvalue weighted by Gasteiger charge is 2.29. The summed E-state index contributed by atoms with van der Waals surface area (Å²) in [7, 11) is 0. The van der Waals surface area contributed by atoms with Gasteiger partial charge >= 0.3 is 0 Å². The lowest BCUT2D eigenvalue weighted by molar-refractivity contribution is -0.112. The molecule has 1 aliphatic rings. The van der Waals surface area contributed by atoms with E-state index in [2.05, 4.69) is 39.8 Å². The molecule has 6 heteroatoms. The van der Waals surface area contributed by atoms with E-state index in [1.54, 1.807) is 19.1 Å². The average molecular weight is 462 g/mol. The first-order chi connectivity index (χ1) is 15.3. The maximum atomic E-state index is 13.7. The Balaban J connectivity index is 2.06. The zero-order valence-electron chi connectivity index (χ0n) is 20.0. The van der Waals surface area contributed by atoms with E-state index in [-0.39, 0.29) is 5.41 Å². The minimum atomic E-state index is -1.98. The third-order valence-corrected chi connectivity index (χ3v) is 6.05. The van der Waals surface area contributed by atoms with Crippen molar-refractivity contribution < 1.29 is 22.4 Å². The molecular formula is C27H31F4NO. The van der Waals surface area contributed by atoms with E-state index in [4.69, 9.17) is 0 Å². The van der Waals surface area contributed by atoms with Gasteiger partial charge in [0.2, 0.25) is 5.91 Å². The van der Waals surface area contributed by atoms with E-state index in [1.807, 2.05) is 18.3 Å². The van der Waals surface area contributed by atoms with Crippen LogP contribution in [-0.2, 0) is 4.79 Å². The number of allylic oxidation sites excluding steroid dienone is 9. The fraction of sp³-hybridized carbons (Fsp3) is 0.370. The Labute approximate surface area is 193 Å². The molecule has 1 atom stereocenters. The molecule has 1 aromatic carbocycles. The Morgan fingerprint density at radius 3 is 2.39 bits per heavy atom. The van der Waals surface area contributed by atoms with E-state index < -0.39 is 34.9 Å². The normalized spacial score (nSPS) is 19.6. The van der Waals surface area contributed by atoms with Gasteiger partial charge in [0.25, 0.3) is 0 Å². The molecule has 0 fully saturated rings. The molecule has 0 radical (unpaired) electrons. The SMILES string of the molecule is CC1=C(/C=C/C(C)=C/C=C/C(C)=C/C(=O)Nc2cc(F)c(F)c(F)c2F)C(C)(C)CCC1C. The summed E-state index contributed by atoms with van der Waals surface area (Å²) in [5.74, 6) is -7.36. The molecule has 1 aliphatic carbocycles. The van der Waals surface area contributed by atoms with E-state index in [9.17, 15) is 22.4 Å². The van der Waals surface area contributed by atoms with Gasteiger partial charge in [-0.1, -0.05) is 62.3 Å². The number of nitrogens with one attached hydrogen (secondary N) is 1. The minimum Gasteiger partial charge on any atom is -0.320 e. The van der Waals surface area contributed by atoms with Crippen molar-refractivity contribution in [2.75, 3.05) is 5.32 Å². The first-order valence-corrected chi connectivity index (χ1v) is 10.9. The van der Waals surface area contributed by atoms with Crippen LogP contribution in [0.15, 0.2) is 64.8 Å². The van der Waals surface area contributed by atoms with E-state index in [0.717, 1.165) is 18.1 Å². The molecule has 0 saturated heterocycles. The minimum absolute atomic E-state index is 0.145. The second-order valence-electron chi connectivity index (χ2n) is 9.25. The number of benzene rings is 1. The zero-order valence-corrected chi connectivity index (χ0v) is 20.0. The van der Waals surface area contributed by atoms with E-state index in [0.29, 0.717) is 17.6 Å². The van der Waals surface area contributed by atoms with Crippen LogP contribution >= 0.6 is 0 Å². The number of halogens is 4. The van der Waals surface area contributed by atoms with Gasteiger partial charge < -0.3 is 5.32 Å². The van der Waals surface area contributed by atoms with E-state index >= 15 is 0 Å². The molecule has 2 nitrogen and oxygen atoms in total. The van der Waals surface area contributed by atoms with Gasteiger partial charge in [-0.25, -0.2) is 17.6 Å². The van der Waals surface area contributed by atoms with Gasteiger partial charge in [0.05, 0.1) is 5.69 Å². The number of carbonyl (C=O) groups excluding carboxylic acids is 1. The maximum Gasteiger partial charge on any atom is 0.248 e. The number of carbonyl (C=O) groups is 1.